The van der Waals surface area contributed by atoms with Crippen LogP contribution in [0.5, 0.6) is 0 Å². The molecule has 0 aliphatic carbocycles. The van der Waals surface area contributed by atoms with Crippen LogP contribution in [0.3, 0.4) is 0 Å². The predicted molar refractivity (Wildman–Crippen MR) is 139 cm³/mol. The summed E-state index contributed by atoms with van der Waals surface area (Å²) < 4.78 is 67.5. The summed E-state index contributed by atoms with van der Waals surface area (Å²) in [7, 11) is -3.92. The molecule has 2 aromatic carbocycles. The molecule has 8 nitrogen and oxygen atoms in total. The van der Waals surface area contributed by atoms with Crippen LogP contribution in [0.25, 0.3) is 0 Å². The van der Waals surface area contributed by atoms with Gasteiger partial charge in [-0.25, -0.2) is 22.2 Å². The first-order valence-electron chi connectivity index (χ1n) is 13.1. The number of halogens is 2. The number of imidazole rings is 1. The van der Waals surface area contributed by atoms with E-state index >= 15 is 0 Å². The largest absolute Gasteiger partial charge is 0.376 e. The molecule has 5 rings (SSSR count). The quantitative estimate of drug-likeness (QED) is 0.371. The Morgan fingerprint density at radius 1 is 1.00 bits per heavy atom. The van der Waals surface area contributed by atoms with Crippen molar-refractivity contribution in [3.05, 3.63) is 83.2 Å². The number of amides is 1. The van der Waals surface area contributed by atoms with Crippen LogP contribution in [0.2, 0.25) is 0 Å². The summed E-state index contributed by atoms with van der Waals surface area (Å²) in [5.74, 6) is -1.70. The summed E-state index contributed by atoms with van der Waals surface area (Å²) in [5, 5.41) is -0.132. The lowest BCUT2D eigenvalue weighted by atomic mass is 10.1. The molecule has 208 valence electrons. The first-order valence-corrected chi connectivity index (χ1v) is 14.7. The fourth-order valence-electron chi connectivity index (χ4n) is 5.07. The zero-order valence-corrected chi connectivity index (χ0v) is 22.3. The Kier molecular flexibility index (Phi) is 8.39. The van der Waals surface area contributed by atoms with E-state index in [1.807, 2.05) is 0 Å². The average Bonchev–Trinajstić information content (AvgIpc) is 3.69. The maximum Gasteiger partial charge on any atom is 0.254 e. The highest BCUT2D eigenvalue weighted by molar-refractivity contribution is 7.90. The zero-order valence-electron chi connectivity index (χ0n) is 21.5. The molecular formula is C28H31F2N3O5S. The molecule has 3 heterocycles. The van der Waals surface area contributed by atoms with Crippen LogP contribution in [0.1, 0.15) is 47.3 Å². The molecule has 0 N–H and O–H groups in total. The molecule has 11 heteroatoms. The van der Waals surface area contributed by atoms with Gasteiger partial charge in [-0.05, 0) is 61.6 Å². The van der Waals surface area contributed by atoms with Crippen LogP contribution in [0, 0.1) is 11.6 Å². The van der Waals surface area contributed by atoms with Crippen molar-refractivity contribution < 1.29 is 31.5 Å². The fraction of sp³-hybridized carbons (Fsp3) is 0.429. The molecule has 0 radical (unpaired) electrons. The monoisotopic (exact) mass is 559 g/mol. The molecular weight excluding hydrogens is 528 g/mol. The Morgan fingerprint density at radius 3 is 2.38 bits per heavy atom. The van der Waals surface area contributed by atoms with Crippen LogP contribution in [0.4, 0.5) is 8.78 Å². The van der Waals surface area contributed by atoms with Gasteiger partial charge < -0.3 is 18.9 Å². The number of benzene rings is 2. The van der Waals surface area contributed by atoms with Crippen molar-refractivity contribution in [1.82, 2.24) is 14.5 Å². The molecule has 1 aromatic heterocycles. The summed E-state index contributed by atoms with van der Waals surface area (Å²) in [6, 6.07) is 10.8. The minimum absolute atomic E-state index is 0.0565. The number of hydrogen-bond donors (Lipinski definition) is 0. The van der Waals surface area contributed by atoms with Gasteiger partial charge in [0.05, 0.1) is 42.9 Å². The molecule has 39 heavy (non-hydrogen) atoms. The Hall–Kier alpha value is -3.15. The maximum atomic E-state index is 13.9. The van der Waals surface area contributed by atoms with Gasteiger partial charge in [0.2, 0.25) is 15.0 Å². The highest BCUT2D eigenvalue weighted by Gasteiger charge is 2.30. The normalized spacial score (nSPS) is 19.4. The molecule has 2 fully saturated rings. The van der Waals surface area contributed by atoms with Gasteiger partial charge in [-0.2, -0.15) is 0 Å². The van der Waals surface area contributed by atoms with E-state index in [9.17, 15) is 22.0 Å². The van der Waals surface area contributed by atoms with Crippen molar-refractivity contribution in [2.24, 2.45) is 0 Å². The molecule has 0 unspecified atom stereocenters. The molecule has 2 saturated heterocycles. The minimum atomic E-state index is -3.92. The third kappa shape index (κ3) is 6.71. The van der Waals surface area contributed by atoms with Crippen LogP contribution < -0.4 is 0 Å². The number of carbonyl (C=O) groups excluding carboxylic acids is 1. The molecule has 2 aliphatic rings. The topological polar surface area (TPSA) is 90.7 Å². The minimum Gasteiger partial charge on any atom is -0.376 e. The molecule has 0 spiro atoms. The van der Waals surface area contributed by atoms with Gasteiger partial charge in [-0.1, -0.05) is 18.2 Å². The van der Waals surface area contributed by atoms with E-state index in [1.54, 1.807) is 15.5 Å². The van der Waals surface area contributed by atoms with E-state index in [-0.39, 0.29) is 54.2 Å². The van der Waals surface area contributed by atoms with Crippen LogP contribution in [0.15, 0.2) is 59.9 Å². The standard InChI is InChI=1S/C28H31F2N3O5S/c29-22-10-8-20(9-11-22)19-39(35,36)28-31-15-24(33(28)18-26-7-3-13-38-26)16-32(17-25-6-2-12-37-25)27(34)21-4-1-5-23(30)14-21/h1,4-5,8-11,14-15,25-26H,2-3,6-7,12-13,16-19H2/t25-,26+/m0/s1. The van der Waals surface area contributed by atoms with Gasteiger partial charge in [0.15, 0.2) is 0 Å². The third-order valence-electron chi connectivity index (χ3n) is 7.02. The lowest BCUT2D eigenvalue weighted by Gasteiger charge is -2.26. The van der Waals surface area contributed by atoms with E-state index in [4.69, 9.17) is 9.47 Å². The number of aromatic nitrogens is 2. The van der Waals surface area contributed by atoms with Crippen molar-refractivity contribution in [3.8, 4) is 0 Å². The summed E-state index contributed by atoms with van der Waals surface area (Å²) in [5.41, 5.74) is 1.15. The molecule has 0 bridgehead atoms. The molecule has 2 atom stereocenters. The number of nitrogens with zero attached hydrogens (tertiary/aromatic N) is 3. The summed E-state index contributed by atoms with van der Waals surface area (Å²) in [4.78, 5) is 19.4. The third-order valence-corrected chi connectivity index (χ3v) is 8.62. The van der Waals surface area contributed by atoms with E-state index in [0.29, 0.717) is 24.5 Å². The second kappa shape index (κ2) is 11.9. The van der Waals surface area contributed by atoms with Crippen LogP contribution in [-0.2, 0) is 38.2 Å². The van der Waals surface area contributed by atoms with Crippen LogP contribution in [-0.4, -0.2) is 60.7 Å². The SMILES string of the molecule is O=C(c1cccc(F)c1)N(Cc1cnc(S(=O)(=O)Cc2ccc(F)cc2)n1C[C@H]1CCCO1)C[C@@H]1CCCO1. The lowest BCUT2D eigenvalue weighted by Crippen LogP contribution is -2.38. The summed E-state index contributed by atoms with van der Waals surface area (Å²) >= 11 is 0. The van der Waals surface area contributed by atoms with Crippen LogP contribution >= 0.6 is 0 Å². The van der Waals surface area contributed by atoms with Crippen molar-refractivity contribution in [2.75, 3.05) is 19.8 Å². The van der Waals surface area contributed by atoms with Crippen molar-refractivity contribution in [1.29, 1.82) is 0 Å². The van der Waals surface area contributed by atoms with Crippen molar-refractivity contribution >= 4 is 15.7 Å². The Labute approximate surface area is 226 Å². The van der Waals surface area contributed by atoms with Gasteiger partial charge in [0, 0.05) is 25.3 Å². The molecule has 2 aliphatic heterocycles. The maximum absolute atomic E-state index is 13.9. The summed E-state index contributed by atoms with van der Waals surface area (Å²) in [6.07, 6.45) is 4.43. The number of rotatable bonds is 10. The zero-order chi connectivity index (χ0) is 27.4. The van der Waals surface area contributed by atoms with Gasteiger partial charge in [0.1, 0.15) is 11.6 Å². The molecule has 0 saturated carbocycles. The van der Waals surface area contributed by atoms with Gasteiger partial charge >= 0.3 is 0 Å². The second-order valence-corrected chi connectivity index (χ2v) is 11.9. The van der Waals surface area contributed by atoms with Gasteiger partial charge in [-0.3, -0.25) is 4.79 Å². The number of ether oxygens (including phenoxy) is 2. The van der Waals surface area contributed by atoms with Gasteiger partial charge in [-0.15, -0.1) is 0 Å². The fourth-order valence-corrected chi connectivity index (χ4v) is 6.57. The van der Waals surface area contributed by atoms with Gasteiger partial charge in [0.25, 0.3) is 5.91 Å². The Balaban J connectivity index is 1.47. The van der Waals surface area contributed by atoms with E-state index < -0.39 is 21.5 Å². The first-order chi connectivity index (χ1) is 18.8. The van der Waals surface area contributed by atoms with E-state index in [1.165, 1.54) is 48.7 Å². The second-order valence-electron chi connectivity index (χ2n) is 9.99. The molecule has 1 amide bonds. The Morgan fingerprint density at radius 2 is 1.72 bits per heavy atom. The van der Waals surface area contributed by atoms with E-state index in [2.05, 4.69) is 4.98 Å². The van der Waals surface area contributed by atoms with Crippen molar-refractivity contribution in [2.45, 2.75) is 61.9 Å². The van der Waals surface area contributed by atoms with E-state index in [0.717, 1.165) is 25.7 Å². The van der Waals surface area contributed by atoms with Crippen molar-refractivity contribution in [3.63, 3.8) is 0 Å². The Bertz CT molecular complexity index is 1400. The smallest absolute Gasteiger partial charge is 0.254 e. The molecule has 3 aromatic rings. The highest BCUT2D eigenvalue weighted by Crippen LogP contribution is 2.24. The predicted octanol–water partition coefficient (Wildman–Crippen LogP) is 4.14. The summed E-state index contributed by atoms with van der Waals surface area (Å²) in [6.45, 7) is 1.79. The lowest BCUT2D eigenvalue weighted by molar-refractivity contribution is 0.0496. The number of hydrogen-bond acceptors (Lipinski definition) is 6. The first kappa shape index (κ1) is 27.4. The highest BCUT2D eigenvalue weighted by atomic mass is 32.2. The number of sulfone groups is 1. The average molecular weight is 560 g/mol. The number of carbonyl (C=O) groups is 1.